The summed E-state index contributed by atoms with van der Waals surface area (Å²) in [5.74, 6) is 1.84. The normalized spacial score (nSPS) is 50.5. The lowest BCUT2D eigenvalue weighted by molar-refractivity contribution is 0.00509. The first kappa shape index (κ1) is 8.21. The number of nitrogens with one attached hydrogen (secondary N) is 1. The molecule has 0 aromatic rings. The monoisotopic (exact) mass is 182 g/mol. The Hall–Kier alpha value is -0.120. The zero-order chi connectivity index (χ0) is 8.89. The maximum Gasteiger partial charge on any atom is 0.0594 e. The Morgan fingerprint density at radius 3 is 2.46 bits per heavy atom. The van der Waals surface area contributed by atoms with Crippen molar-refractivity contribution < 1.29 is 4.74 Å². The molecule has 1 N–H and O–H groups in total. The van der Waals surface area contributed by atoms with Gasteiger partial charge in [-0.1, -0.05) is 0 Å². The van der Waals surface area contributed by atoms with Crippen molar-refractivity contribution >= 4 is 0 Å². The van der Waals surface area contributed by atoms with Gasteiger partial charge in [0.1, 0.15) is 0 Å². The highest BCUT2D eigenvalue weighted by Gasteiger charge is 2.65. The van der Waals surface area contributed by atoms with Crippen molar-refractivity contribution in [2.75, 3.05) is 39.4 Å². The minimum Gasteiger partial charge on any atom is -0.379 e. The van der Waals surface area contributed by atoms with Gasteiger partial charge >= 0.3 is 0 Å². The second kappa shape index (κ2) is 2.69. The molecule has 3 rings (SSSR count). The van der Waals surface area contributed by atoms with Gasteiger partial charge in [-0.05, 0) is 18.8 Å². The van der Waals surface area contributed by atoms with E-state index in [1.165, 1.54) is 13.1 Å². The molecule has 2 heterocycles. The number of piperidine rings is 1. The predicted octanol–water partition coefficient (Wildman–Crippen LogP) is -0.0735. The molecule has 0 radical (unpaired) electrons. The Kier molecular flexibility index (Phi) is 1.70. The number of nitrogens with zero attached hydrogens (tertiary/aromatic N) is 1. The van der Waals surface area contributed by atoms with Gasteiger partial charge < -0.3 is 10.1 Å². The van der Waals surface area contributed by atoms with Crippen LogP contribution >= 0.6 is 0 Å². The molecule has 2 atom stereocenters. The summed E-state index contributed by atoms with van der Waals surface area (Å²) in [7, 11) is 0. The van der Waals surface area contributed by atoms with Crippen LogP contribution in [0.1, 0.15) is 6.92 Å². The first-order chi connectivity index (χ1) is 6.33. The zero-order valence-corrected chi connectivity index (χ0v) is 8.25. The van der Waals surface area contributed by atoms with Gasteiger partial charge in [0.2, 0.25) is 0 Å². The summed E-state index contributed by atoms with van der Waals surface area (Å²) < 4.78 is 5.39. The van der Waals surface area contributed by atoms with Crippen LogP contribution in [0, 0.1) is 11.8 Å². The maximum absolute atomic E-state index is 5.39. The molecule has 2 aliphatic heterocycles. The summed E-state index contributed by atoms with van der Waals surface area (Å²) in [6.07, 6.45) is 0. The van der Waals surface area contributed by atoms with Crippen LogP contribution in [0.5, 0.6) is 0 Å². The van der Waals surface area contributed by atoms with E-state index in [2.05, 4.69) is 17.1 Å². The van der Waals surface area contributed by atoms with E-state index in [0.29, 0.717) is 5.54 Å². The fraction of sp³-hybridized carbons (Fsp3) is 1.00. The topological polar surface area (TPSA) is 24.5 Å². The van der Waals surface area contributed by atoms with Gasteiger partial charge in [-0.15, -0.1) is 0 Å². The highest BCUT2D eigenvalue weighted by molar-refractivity contribution is 5.20. The highest BCUT2D eigenvalue weighted by Crippen LogP contribution is 2.56. The molecule has 0 aromatic heterocycles. The summed E-state index contributed by atoms with van der Waals surface area (Å²) >= 11 is 0. The number of fused-ring (bicyclic) bond motifs is 1. The Labute approximate surface area is 79.4 Å². The van der Waals surface area contributed by atoms with E-state index in [9.17, 15) is 0 Å². The summed E-state index contributed by atoms with van der Waals surface area (Å²) in [5, 5.41) is 3.46. The van der Waals surface area contributed by atoms with Gasteiger partial charge in [0.05, 0.1) is 13.2 Å². The van der Waals surface area contributed by atoms with Crippen molar-refractivity contribution in [3.8, 4) is 0 Å². The minimum atomic E-state index is 0.523. The molecule has 3 nitrogen and oxygen atoms in total. The Morgan fingerprint density at radius 2 is 1.85 bits per heavy atom. The van der Waals surface area contributed by atoms with Crippen LogP contribution in [-0.2, 0) is 4.74 Å². The fourth-order valence-corrected chi connectivity index (χ4v) is 3.29. The van der Waals surface area contributed by atoms with Crippen molar-refractivity contribution in [2.45, 2.75) is 12.5 Å². The number of ether oxygens (including phenoxy) is 1. The van der Waals surface area contributed by atoms with Crippen LogP contribution in [0.15, 0.2) is 0 Å². The molecule has 3 aliphatic rings. The van der Waals surface area contributed by atoms with E-state index in [0.717, 1.165) is 38.1 Å². The Bertz CT molecular complexity index is 203. The molecule has 2 unspecified atom stereocenters. The van der Waals surface area contributed by atoms with Crippen molar-refractivity contribution in [3.63, 3.8) is 0 Å². The van der Waals surface area contributed by atoms with Gasteiger partial charge in [-0.25, -0.2) is 0 Å². The zero-order valence-electron chi connectivity index (χ0n) is 8.25. The average molecular weight is 182 g/mol. The van der Waals surface area contributed by atoms with E-state index >= 15 is 0 Å². The highest BCUT2D eigenvalue weighted by atomic mass is 16.5. The van der Waals surface area contributed by atoms with Crippen molar-refractivity contribution in [1.82, 2.24) is 10.2 Å². The summed E-state index contributed by atoms with van der Waals surface area (Å²) in [4.78, 5) is 2.65. The third-order valence-corrected chi connectivity index (χ3v) is 4.30. The quantitative estimate of drug-likeness (QED) is 0.614. The Morgan fingerprint density at radius 1 is 1.23 bits per heavy atom. The predicted molar refractivity (Wildman–Crippen MR) is 50.6 cm³/mol. The molecule has 1 aliphatic carbocycles. The lowest BCUT2D eigenvalue weighted by Crippen LogP contribution is -2.48. The molecule has 13 heavy (non-hydrogen) atoms. The van der Waals surface area contributed by atoms with Gasteiger partial charge in [-0.3, -0.25) is 4.90 Å². The fourth-order valence-electron chi connectivity index (χ4n) is 3.29. The van der Waals surface area contributed by atoms with Crippen LogP contribution in [0.4, 0.5) is 0 Å². The molecule has 74 valence electrons. The maximum atomic E-state index is 5.39. The molecule has 2 saturated heterocycles. The summed E-state index contributed by atoms with van der Waals surface area (Å²) in [6, 6.07) is 0. The van der Waals surface area contributed by atoms with Gasteiger partial charge in [0, 0.05) is 31.7 Å². The molecule has 1 saturated carbocycles. The number of rotatable bonds is 1. The number of hydrogen-bond donors (Lipinski definition) is 1. The van der Waals surface area contributed by atoms with Crippen LogP contribution < -0.4 is 5.32 Å². The Balaban J connectivity index is 1.71. The number of hydrogen-bond acceptors (Lipinski definition) is 3. The van der Waals surface area contributed by atoms with Crippen LogP contribution in [0.25, 0.3) is 0 Å². The lowest BCUT2D eigenvalue weighted by atomic mass is 10.1. The first-order valence-electron chi connectivity index (χ1n) is 5.37. The minimum absolute atomic E-state index is 0.523. The molecule has 3 heteroatoms. The second-order valence-electron chi connectivity index (χ2n) is 4.70. The van der Waals surface area contributed by atoms with E-state index in [1.807, 2.05) is 0 Å². The third-order valence-electron chi connectivity index (χ3n) is 4.30. The first-order valence-corrected chi connectivity index (χ1v) is 5.37. The van der Waals surface area contributed by atoms with Crippen molar-refractivity contribution in [3.05, 3.63) is 0 Å². The molecule has 0 aromatic carbocycles. The number of morpholine rings is 1. The molecule has 3 fully saturated rings. The standard InChI is InChI=1S/C10H18N2O/c1-10(8-6-11-7-9(8)10)12-2-4-13-5-3-12/h8-9,11H,2-7H2,1H3. The van der Waals surface area contributed by atoms with Gasteiger partial charge in [-0.2, -0.15) is 0 Å². The lowest BCUT2D eigenvalue weighted by Gasteiger charge is -2.35. The summed E-state index contributed by atoms with van der Waals surface area (Å²) in [5.41, 5.74) is 0.523. The molecular formula is C10H18N2O. The third kappa shape index (κ3) is 1.01. The van der Waals surface area contributed by atoms with Gasteiger partial charge in [0.25, 0.3) is 0 Å². The SMILES string of the molecule is CC1(N2CCOCC2)C2CNCC21. The average Bonchev–Trinajstić information content (AvgIpc) is 2.62. The van der Waals surface area contributed by atoms with Crippen molar-refractivity contribution in [1.29, 1.82) is 0 Å². The molecule has 0 amide bonds. The van der Waals surface area contributed by atoms with E-state index < -0.39 is 0 Å². The summed E-state index contributed by atoms with van der Waals surface area (Å²) in [6.45, 7) is 9.06. The van der Waals surface area contributed by atoms with Crippen LogP contribution in [0.2, 0.25) is 0 Å². The largest absolute Gasteiger partial charge is 0.379 e. The molecular weight excluding hydrogens is 164 g/mol. The smallest absolute Gasteiger partial charge is 0.0594 e. The van der Waals surface area contributed by atoms with E-state index in [4.69, 9.17) is 4.74 Å². The second-order valence-corrected chi connectivity index (χ2v) is 4.70. The van der Waals surface area contributed by atoms with E-state index in [-0.39, 0.29) is 0 Å². The molecule has 0 spiro atoms. The van der Waals surface area contributed by atoms with Crippen LogP contribution in [0.3, 0.4) is 0 Å². The van der Waals surface area contributed by atoms with Crippen molar-refractivity contribution in [2.24, 2.45) is 11.8 Å². The van der Waals surface area contributed by atoms with E-state index in [1.54, 1.807) is 0 Å². The van der Waals surface area contributed by atoms with Crippen LogP contribution in [-0.4, -0.2) is 49.8 Å². The molecule has 0 bridgehead atoms. The van der Waals surface area contributed by atoms with Gasteiger partial charge in [0.15, 0.2) is 0 Å².